The fourth-order valence-electron chi connectivity index (χ4n) is 1.16. The van der Waals surface area contributed by atoms with Gasteiger partial charge in [-0.05, 0) is 31.3 Å². The molecule has 0 aromatic heterocycles. The predicted molar refractivity (Wildman–Crippen MR) is 62.9 cm³/mol. The number of benzene rings is 1. The van der Waals surface area contributed by atoms with E-state index in [0.717, 1.165) is 5.56 Å². The Morgan fingerprint density at radius 1 is 1.47 bits per heavy atom. The first-order valence-electron chi connectivity index (χ1n) is 4.36. The lowest BCUT2D eigenvalue weighted by Crippen LogP contribution is -2.39. The molecule has 0 aliphatic heterocycles. The summed E-state index contributed by atoms with van der Waals surface area (Å²) >= 11 is 4.79. The molecule has 0 saturated heterocycles. The van der Waals surface area contributed by atoms with E-state index in [1.54, 1.807) is 12.1 Å². The van der Waals surface area contributed by atoms with E-state index < -0.39 is 5.97 Å². The predicted octanol–water partition coefficient (Wildman–Crippen LogP) is 1.13. The molecule has 0 radical (unpaired) electrons. The minimum Gasteiger partial charge on any atom is -0.480 e. The minimum atomic E-state index is -0.969. The number of carboxylic acid groups (broad SMARTS) is 1. The van der Waals surface area contributed by atoms with Crippen LogP contribution in [0.25, 0.3) is 0 Å². The number of carbonyl (C=O) groups is 1. The zero-order valence-electron chi connectivity index (χ0n) is 8.30. The van der Waals surface area contributed by atoms with Crippen molar-refractivity contribution in [3.05, 3.63) is 29.8 Å². The molecule has 3 N–H and O–H groups in total. The van der Waals surface area contributed by atoms with Crippen LogP contribution in [0.5, 0.6) is 0 Å². The highest BCUT2D eigenvalue weighted by molar-refractivity contribution is 7.80. The highest BCUT2D eigenvalue weighted by Crippen LogP contribution is 2.14. The molecule has 0 atom stereocenters. The topological polar surface area (TPSA) is 66.6 Å². The van der Waals surface area contributed by atoms with Crippen LogP contribution in [0, 0.1) is 6.92 Å². The summed E-state index contributed by atoms with van der Waals surface area (Å²) in [6.07, 6.45) is 0. The third-order valence-corrected chi connectivity index (χ3v) is 2.13. The van der Waals surface area contributed by atoms with Gasteiger partial charge in [-0.3, -0.25) is 4.79 Å². The maximum Gasteiger partial charge on any atom is 0.323 e. The molecule has 0 saturated carbocycles. The summed E-state index contributed by atoms with van der Waals surface area (Å²) < 4.78 is 0. The number of carboxylic acids is 1. The quantitative estimate of drug-likeness (QED) is 0.753. The average Bonchev–Trinajstić information content (AvgIpc) is 2.15. The first kappa shape index (κ1) is 11.5. The monoisotopic (exact) mass is 224 g/mol. The van der Waals surface area contributed by atoms with Gasteiger partial charge in [0.05, 0.1) is 0 Å². The molecule has 0 heterocycles. The Hall–Kier alpha value is -1.62. The number of anilines is 1. The second-order valence-electron chi connectivity index (χ2n) is 3.15. The molecule has 0 bridgehead atoms. The molecule has 4 nitrogen and oxygen atoms in total. The van der Waals surface area contributed by atoms with Crippen molar-refractivity contribution < 1.29 is 9.90 Å². The number of hydrogen-bond acceptors (Lipinski definition) is 2. The van der Waals surface area contributed by atoms with Crippen LogP contribution in [0.1, 0.15) is 5.56 Å². The molecule has 0 unspecified atom stereocenters. The van der Waals surface area contributed by atoms with Crippen molar-refractivity contribution in [2.75, 3.05) is 11.4 Å². The van der Waals surface area contributed by atoms with Crippen LogP contribution in [-0.4, -0.2) is 22.7 Å². The Morgan fingerprint density at radius 3 is 2.40 bits per heavy atom. The smallest absolute Gasteiger partial charge is 0.323 e. The van der Waals surface area contributed by atoms with Gasteiger partial charge in [0, 0.05) is 5.69 Å². The zero-order chi connectivity index (χ0) is 11.4. The normalized spacial score (nSPS) is 9.67. The van der Waals surface area contributed by atoms with E-state index in [-0.39, 0.29) is 11.7 Å². The largest absolute Gasteiger partial charge is 0.480 e. The van der Waals surface area contributed by atoms with Gasteiger partial charge in [0.15, 0.2) is 5.11 Å². The lowest BCUT2D eigenvalue weighted by atomic mass is 10.2. The summed E-state index contributed by atoms with van der Waals surface area (Å²) in [7, 11) is 0. The van der Waals surface area contributed by atoms with E-state index in [1.165, 1.54) is 4.90 Å². The Bertz CT molecular complexity index is 376. The van der Waals surface area contributed by atoms with Crippen LogP contribution < -0.4 is 10.6 Å². The average molecular weight is 224 g/mol. The molecule has 0 aliphatic rings. The highest BCUT2D eigenvalue weighted by atomic mass is 32.1. The molecule has 0 fully saturated rings. The number of hydrogen-bond donors (Lipinski definition) is 2. The van der Waals surface area contributed by atoms with Crippen LogP contribution in [0.15, 0.2) is 24.3 Å². The number of thiocarbonyl (C=S) groups is 1. The summed E-state index contributed by atoms with van der Waals surface area (Å²) in [4.78, 5) is 12.0. The molecule has 0 aliphatic carbocycles. The SMILES string of the molecule is Cc1ccc(N(CC(=O)O)C(N)=S)cc1. The molecular weight excluding hydrogens is 212 g/mol. The van der Waals surface area contributed by atoms with E-state index in [1.807, 2.05) is 19.1 Å². The van der Waals surface area contributed by atoms with E-state index in [9.17, 15) is 4.79 Å². The molecule has 0 spiro atoms. The first-order chi connectivity index (χ1) is 7.00. The summed E-state index contributed by atoms with van der Waals surface area (Å²) in [6.45, 7) is 1.73. The third-order valence-electron chi connectivity index (χ3n) is 1.91. The van der Waals surface area contributed by atoms with Crippen LogP contribution in [0.2, 0.25) is 0 Å². The van der Waals surface area contributed by atoms with Gasteiger partial charge < -0.3 is 15.7 Å². The van der Waals surface area contributed by atoms with Gasteiger partial charge in [-0.25, -0.2) is 0 Å². The van der Waals surface area contributed by atoms with Crippen molar-refractivity contribution in [3.8, 4) is 0 Å². The van der Waals surface area contributed by atoms with Crippen molar-refractivity contribution in [1.82, 2.24) is 0 Å². The fraction of sp³-hybridized carbons (Fsp3) is 0.200. The molecule has 1 aromatic rings. The van der Waals surface area contributed by atoms with Crippen molar-refractivity contribution in [2.45, 2.75) is 6.92 Å². The molecule has 5 heteroatoms. The Morgan fingerprint density at radius 2 is 2.00 bits per heavy atom. The molecule has 0 amide bonds. The Labute approximate surface area is 93.3 Å². The maximum atomic E-state index is 10.6. The van der Waals surface area contributed by atoms with E-state index in [2.05, 4.69) is 0 Å². The number of aryl methyl sites for hydroxylation is 1. The number of nitrogens with zero attached hydrogens (tertiary/aromatic N) is 1. The van der Waals surface area contributed by atoms with Crippen molar-refractivity contribution in [3.63, 3.8) is 0 Å². The molecular formula is C10H12N2O2S. The number of aliphatic carboxylic acids is 1. The summed E-state index contributed by atoms with van der Waals surface area (Å²) in [5, 5.41) is 8.75. The lowest BCUT2D eigenvalue weighted by molar-refractivity contribution is -0.135. The fourth-order valence-corrected chi connectivity index (χ4v) is 1.33. The van der Waals surface area contributed by atoms with Crippen LogP contribution in [-0.2, 0) is 4.79 Å². The van der Waals surface area contributed by atoms with Crippen LogP contribution in [0.3, 0.4) is 0 Å². The zero-order valence-corrected chi connectivity index (χ0v) is 9.12. The number of nitrogens with two attached hydrogens (primary N) is 1. The van der Waals surface area contributed by atoms with Crippen LogP contribution in [0.4, 0.5) is 5.69 Å². The van der Waals surface area contributed by atoms with E-state index in [4.69, 9.17) is 23.1 Å². The van der Waals surface area contributed by atoms with Gasteiger partial charge in [-0.2, -0.15) is 0 Å². The van der Waals surface area contributed by atoms with Gasteiger partial charge in [0.2, 0.25) is 0 Å². The molecule has 80 valence electrons. The number of rotatable bonds is 3. The van der Waals surface area contributed by atoms with Crippen molar-refractivity contribution in [2.24, 2.45) is 5.73 Å². The lowest BCUT2D eigenvalue weighted by Gasteiger charge is -2.20. The third kappa shape index (κ3) is 3.21. The van der Waals surface area contributed by atoms with Gasteiger partial charge in [-0.1, -0.05) is 17.7 Å². The summed E-state index contributed by atoms with van der Waals surface area (Å²) in [6, 6.07) is 7.33. The Balaban J connectivity index is 2.94. The summed E-state index contributed by atoms with van der Waals surface area (Å²) in [5.74, 6) is -0.969. The second kappa shape index (κ2) is 4.75. The minimum absolute atomic E-state index is 0.0567. The maximum absolute atomic E-state index is 10.6. The molecule has 1 rings (SSSR count). The molecule has 1 aromatic carbocycles. The highest BCUT2D eigenvalue weighted by Gasteiger charge is 2.12. The van der Waals surface area contributed by atoms with Crippen LogP contribution >= 0.6 is 12.2 Å². The van der Waals surface area contributed by atoms with E-state index >= 15 is 0 Å². The van der Waals surface area contributed by atoms with Gasteiger partial charge in [0.1, 0.15) is 6.54 Å². The van der Waals surface area contributed by atoms with E-state index in [0.29, 0.717) is 5.69 Å². The second-order valence-corrected chi connectivity index (χ2v) is 3.57. The standard InChI is InChI=1S/C10H12N2O2S/c1-7-2-4-8(5-3-7)12(10(11)15)6-9(13)14/h2-5H,6H2,1H3,(H2,11,15)(H,13,14). The first-order valence-corrected chi connectivity index (χ1v) is 4.77. The van der Waals surface area contributed by atoms with Crippen molar-refractivity contribution >= 4 is 29.0 Å². The van der Waals surface area contributed by atoms with Gasteiger partial charge in [-0.15, -0.1) is 0 Å². The summed E-state index contributed by atoms with van der Waals surface area (Å²) in [5.41, 5.74) is 7.23. The van der Waals surface area contributed by atoms with Crippen molar-refractivity contribution in [1.29, 1.82) is 0 Å². The Kier molecular flexibility index (Phi) is 3.62. The van der Waals surface area contributed by atoms with Gasteiger partial charge >= 0.3 is 5.97 Å². The molecule has 15 heavy (non-hydrogen) atoms. The van der Waals surface area contributed by atoms with Gasteiger partial charge in [0.25, 0.3) is 0 Å².